The molecule has 0 aliphatic carbocycles. The van der Waals surface area contributed by atoms with Gasteiger partial charge in [0.1, 0.15) is 0 Å². The summed E-state index contributed by atoms with van der Waals surface area (Å²) < 4.78 is 11.3. The van der Waals surface area contributed by atoms with Gasteiger partial charge < -0.3 is 9.47 Å². The molecule has 0 amide bonds. The van der Waals surface area contributed by atoms with Crippen LogP contribution >= 0.6 is 0 Å². The number of nitrogens with zero attached hydrogens (tertiary/aromatic N) is 3. The summed E-state index contributed by atoms with van der Waals surface area (Å²) in [6.07, 6.45) is 1.62. The van der Waals surface area contributed by atoms with E-state index < -0.39 is 5.97 Å². The largest absolute Gasteiger partial charge is 0.466 e. The number of aromatic nitrogens is 3. The number of hydrogen-bond donors (Lipinski definition) is 0. The van der Waals surface area contributed by atoms with Crippen LogP contribution in [-0.2, 0) is 9.53 Å². The van der Waals surface area contributed by atoms with Crippen LogP contribution in [0.5, 0.6) is 5.88 Å². The molecule has 2 aromatic rings. The maximum Gasteiger partial charge on any atom is 0.343 e. The highest BCUT2D eigenvalue weighted by Crippen LogP contribution is 2.13. The molecule has 0 N–H and O–H groups in total. The Kier molecular flexibility index (Phi) is 2.72. The van der Waals surface area contributed by atoms with Crippen LogP contribution in [-0.4, -0.2) is 34.3 Å². The molecule has 16 heavy (non-hydrogen) atoms. The number of hydrogen-bond acceptors (Lipinski definition) is 5. The van der Waals surface area contributed by atoms with Crippen LogP contribution in [0.25, 0.3) is 5.65 Å². The molecule has 0 atom stereocenters. The molecule has 2 aromatic heterocycles. The summed E-state index contributed by atoms with van der Waals surface area (Å²) >= 11 is 0. The van der Waals surface area contributed by atoms with Crippen molar-refractivity contribution in [3.8, 4) is 5.88 Å². The summed E-state index contributed by atoms with van der Waals surface area (Å²) in [6, 6.07) is 3.47. The number of rotatable bonds is 3. The van der Waals surface area contributed by atoms with Crippen molar-refractivity contribution in [2.24, 2.45) is 0 Å². The van der Waals surface area contributed by atoms with Crippen LogP contribution < -0.4 is 4.74 Å². The van der Waals surface area contributed by atoms with E-state index in [2.05, 4.69) is 14.8 Å². The molecular weight excluding hydrogens is 210 g/mol. The predicted molar refractivity (Wildman–Crippen MR) is 55.2 cm³/mol. The van der Waals surface area contributed by atoms with Gasteiger partial charge in [-0.05, 0) is 6.92 Å². The van der Waals surface area contributed by atoms with Crippen LogP contribution in [0.4, 0.5) is 0 Å². The molecular formula is C10H11N3O3. The molecule has 6 nitrogen and oxygen atoms in total. The van der Waals surface area contributed by atoms with Crippen molar-refractivity contribution in [2.45, 2.75) is 6.92 Å². The molecule has 0 fully saturated rings. The van der Waals surface area contributed by atoms with E-state index in [-0.39, 0.29) is 6.61 Å². The highest BCUT2D eigenvalue weighted by Gasteiger charge is 2.07. The van der Waals surface area contributed by atoms with Gasteiger partial charge in [-0.3, -0.25) is 0 Å². The van der Waals surface area contributed by atoms with Gasteiger partial charge in [0.25, 0.3) is 0 Å². The molecule has 0 spiro atoms. The van der Waals surface area contributed by atoms with Crippen molar-refractivity contribution < 1.29 is 14.3 Å². The highest BCUT2D eigenvalue weighted by atomic mass is 16.6. The third kappa shape index (κ3) is 1.95. The summed E-state index contributed by atoms with van der Waals surface area (Å²) in [6.45, 7) is 1.70. The molecule has 0 radical (unpaired) electrons. The number of ether oxygens (including phenoxy) is 2. The minimum Gasteiger partial charge on any atom is -0.466 e. The van der Waals surface area contributed by atoms with E-state index in [0.717, 1.165) is 5.69 Å². The Balaban J connectivity index is 2.28. The molecule has 2 rings (SSSR count). The number of carbonyl (C=O) groups is 1. The fourth-order valence-corrected chi connectivity index (χ4v) is 1.30. The van der Waals surface area contributed by atoms with Crippen LogP contribution in [0.1, 0.15) is 5.69 Å². The predicted octanol–water partition coefficient (Wildman–Crippen LogP) is 0.590. The van der Waals surface area contributed by atoms with Gasteiger partial charge >= 0.3 is 5.97 Å². The van der Waals surface area contributed by atoms with E-state index in [9.17, 15) is 4.79 Å². The second-order valence-corrected chi connectivity index (χ2v) is 3.20. The van der Waals surface area contributed by atoms with Crippen LogP contribution in [0.3, 0.4) is 0 Å². The van der Waals surface area contributed by atoms with Gasteiger partial charge in [-0.15, -0.1) is 0 Å². The number of carbonyl (C=O) groups excluding carboxylic acids is 1. The van der Waals surface area contributed by atoms with Gasteiger partial charge in [0, 0.05) is 17.8 Å². The first-order valence-corrected chi connectivity index (χ1v) is 4.71. The number of aryl methyl sites for hydroxylation is 1. The Bertz CT molecular complexity index is 521. The third-order valence-electron chi connectivity index (χ3n) is 2.02. The molecule has 2 heterocycles. The van der Waals surface area contributed by atoms with Crippen molar-refractivity contribution >= 4 is 11.6 Å². The zero-order chi connectivity index (χ0) is 11.5. The van der Waals surface area contributed by atoms with Gasteiger partial charge in [-0.1, -0.05) is 0 Å². The second-order valence-electron chi connectivity index (χ2n) is 3.20. The lowest BCUT2D eigenvalue weighted by atomic mass is 10.4. The Morgan fingerprint density at radius 1 is 1.56 bits per heavy atom. The van der Waals surface area contributed by atoms with Crippen LogP contribution in [0.15, 0.2) is 18.3 Å². The molecule has 0 aliphatic heterocycles. The third-order valence-corrected chi connectivity index (χ3v) is 2.02. The van der Waals surface area contributed by atoms with E-state index in [1.807, 2.05) is 6.92 Å². The van der Waals surface area contributed by atoms with E-state index in [0.29, 0.717) is 11.5 Å². The summed E-state index contributed by atoms with van der Waals surface area (Å²) in [5.74, 6) is 0.0349. The summed E-state index contributed by atoms with van der Waals surface area (Å²) in [5.41, 5.74) is 1.48. The first kappa shape index (κ1) is 10.4. The summed E-state index contributed by atoms with van der Waals surface area (Å²) in [5, 5.41) is 4.04. The minimum atomic E-state index is -0.435. The summed E-state index contributed by atoms with van der Waals surface area (Å²) in [7, 11) is 1.31. The molecule has 0 saturated heterocycles. The van der Waals surface area contributed by atoms with Crippen molar-refractivity contribution in [2.75, 3.05) is 13.7 Å². The van der Waals surface area contributed by atoms with Crippen molar-refractivity contribution in [3.05, 3.63) is 24.0 Å². The second kappa shape index (κ2) is 4.18. The fraction of sp³-hybridized carbons (Fsp3) is 0.300. The van der Waals surface area contributed by atoms with Gasteiger partial charge in [-0.2, -0.15) is 9.61 Å². The number of esters is 1. The number of fused-ring (bicyclic) bond motifs is 1. The van der Waals surface area contributed by atoms with Crippen molar-refractivity contribution in [1.29, 1.82) is 0 Å². The highest BCUT2D eigenvalue weighted by molar-refractivity contribution is 5.70. The molecule has 0 aromatic carbocycles. The normalized spacial score (nSPS) is 10.4. The number of methoxy groups -OCH3 is 1. The zero-order valence-corrected chi connectivity index (χ0v) is 9.01. The average Bonchev–Trinajstić information content (AvgIpc) is 2.73. The Morgan fingerprint density at radius 2 is 2.38 bits per heavy atom. The SMILES string of the molecule is COC(=O)COc1cc(C)nc2ccnn12. The van der Waals surface area contributed by atoms with Gasteiger partial charge in [0.05, 0.1) is 13.3 Å². The Labute approximate surface area is 91.8 Å². The maximum atomic E-state index is 11.0. The van der Waals surface area contributed by atoms with Gasteiger partial charge in [-0.25, -0.2) is 9.78 Å². The van der Waals surface area contributed by atoms with E-state index in [1.54, 1.807) is 18.3 Å². The van der Waals surface area contributed by atoms with E-state index in [4.69, 9.17) is 4.74 Å². The Morgan fingerprint density at radius 3 is 3.12 bits per heavy atom. The van der Waals surface area contributed by atoms with Crippen molar-refractivity contribution in [1.82, 2.24) is 14.6 Å². The van der Waals surface area contributed by atoms with Crippen LogP contribution in [0, 0.1) is 6.92 Å². The van der Waals surface area contributed by atoms with E-state index >= 15 is 0 Å². The van der Waals surface area contributed by atoms with Crippen molar-refractivity contribution in [3.63, 3.8) is 0 Å². The molecule has 84 valence electrons. The Hall–Kier alpha value is -2.11. The lowest BCUT2D eigenvalue weighted by molar-refractivity contribution is -0.143. The molecule has 0 aliphatic rings. The first-order valence-electron chi connectivity index (χ1n) is 4.71. The minimum absolute atomic E-state index is 0.144. The quantitative estimate of drug-likeness (QED) is 0.710. The van der Waals surface area contributed by atoms with E-state index in [1.165, 1.54) is 11.6 Å². The average molecular weight is 221 g/mol. The maximum absolute atomic E-state index is 11.0. The lowest BCUT2D eigenvalue weighted by Gasteiger charge is -2.07. The molecule has 0 saturated carbocycles. The lowest BCUT2D eigenvalue weighted by Crippen LogP contribution is -2.14. The summed E-state index contributed by atoms with van der Waals surface area (Å²) in [4.78, 5) is 15.2. The standard InChI is InChI=1S/C10H11N3O3/c1-7-5-9(16-6-10(14)15-2)13-8(12-7)3-4-11-13/h3-5H,6H2,1-2H3. The van der Waals surface area contributed by atoms with Gasteiger partial charge in [0.15, 0.2) is 12.3 Å². The molecule has 6 heteroatoms. The smallest absolute Gasteiger partial charge is 0.343 e. The monoisotopic (exact) mass is 221 g/mol. The van der Waals surface area contributed by atoms with Gasteiger partial charge in [0.2, 0.25) is 5.88 Å². The first-order chi connectivity index (χ1) is 7.70. The zero-order valence-electron chi connectivity index (χ0n) is 9.01. The molecule has 0 unspecified atom stereocenters. The molecule has 0 bridgehead atoms. The fourth-order valence-electron chi connectivity index (χ4n) is 1.30. The van der Waals surface area contributed by atoms with Crippen LogP contribution in [0.2, 0.25) is 0 Å². The topological polar surface area (TPSA) is 65.7 Å².